The van der Waals surface area contributed by atoms with Crippen LogP contribution in [0.4, 0.5) is 0 Å². The van der Waals surface area contributed by atoms with Gasteiger partial charge in [0.1, 0.15) is 0 Å². The molecule has 82 valence electrons. The van der Waals surface area contributed by atoms with Gasteiger partial charge in [0.05, 0.1) is 0 Å². The van der Waals surface area contributed by atoms with Crippen LogP contribution in [0.15, 0.2) is 0 Å². The maximum Gasteiger partial charge on any atom is 0.220 e. The third kappa shape index (κ3) is 3.66. The minimum atomic E-state index is 0.187. The van der Waals surface area contributed by atoms with Crippen LogP contribution in [-0.4, -0.2) is 24.5 Å². The van der Waals surface area contributed by atoms with Gasteiger partial charge in [-0.1, -0.05) is 13.3 Å². The van der Waals surface area contributed by atoms with E-state index in [1.165, 1.54) is 19.3 Å². The number of nitrogens with one attached hydrogen (secondary N) is 2. The first-order valence-electron chi connectivity index (χ1n) is 5.76. The third-order valence-electron chi connectivity index (χ3n) is 2.82. The molecule has 0 bridgehead atoms. The summed E-state index contributed by atoms with van der Waals surface area (Å²) in [5, 5.41) is 6.50. The maximum atomic E-state index is 11.4. The topological polar surface area (TPSA) is 41.1 Å². The van der Waals surface area contributed by atoms with Crippen LogP contribution in [0.2, 0.25) is 0 Å². The minimum absolute atomic E-state index is 0.187. The zero-order chi connectivity index (χ0) is 10.4. The Labute approximate surface area is 86.6 Å². The van der Waals surface area contributed by atoms with E-state index in [2.05, 4.69) is 17.6 Å². The number of hydrogen-bond donors (Lipinski definition) is 2. The van der Waals surface area contributed by atoms with Gasteiger partial charge in [-0.15, -0.1) is 0 Å². The van der Waals surface area contributed by atoms with Gasteiger partial charge in [0.25, 0.3) is 0 Å². The number of piperidine rings is 1. The highest BCUT2D eigenvalue weighted by molar-refractivity contribution is 5.76. The number of hydrogen-bond acceptors (Lipinski definition) is 2. The van der Waals surface area contributed by atoms with E-state index >= 15 is 0 Å². The third-order valence-corrected chi connectivity index (χ3v) is 2.82. The van der Waals surface area contributed by atoms with Gasteiger partial charge < -0.3 is 10.6 Å². The Hall–Kier alpha value is -0.570. The van der Waals surface area contributed by atoms with E-state index in [9.17, 15) is 4.79 Å². The SMILES string of the molecule is CCCC(=O)NC(C)C1CCCCN1. The summed E-state index contributed by atoms with van der Waals surface area (Å²) in [7, 11) is 0. The molecule has 0 aromatic rings. The molecule has 3 nitrogen and oxygen atoms in total. The molecule has 0 aromatic carbocycles. The Morgan fingerprint density at radius 2 is 2.36 bits per heavy atom. The molecule has 0 radical (unpaired) electrons. The van der Waals surface area contributed by atoms with Crippen LogP contribution in [0.5, 0.6) is 0 Å². The van der Waals surface area contributed by atoms with Gasteiger partial charge in [0.15, 0.2) is 0 Å². The quantitative estimate of drug-likeness (QED) is 0.717. The first-order chi connectivity index (χ1) is 6.74. The first kappa shape index (κ1) is 11.5. The lowest BCUT2D eigenvalue weighted by Crippen LogP contribution is -2.50. The summed E-state index contributed by atoms with van der Waals surface area (Å²) in [6, 6.07) is 0.749. The number of rotatable bonds is 4. The lowest BCUT2D eigenvalue weighted by atomic mass is 9.99. The van der Waals surface area contributed by atoms with Gasteiger partial charge in [-0.2, -0.15) is 0 Å². The lowest BCUT2D eigenvalue weighted by Gasteiger charge is -2.29. The summed E-state index contributed by atoms with van der Waals surface area (Å²) < 4.78 is 0. The fourth-order valence-electron chi connectivity index (χ4n) is 1.96. The highest BCUT2D eigenvalue weighted by atomic mass is 16.1. The summed E-state index contributed by atoms with van der Waals surface area (Å²) in [5.41, 5.74) is 0. The highest BCUT2D eigenvalue weighted by Crippen LogP contribution is 2.10. The van der Waals surface area contributed by atoms with Crippen molar-refractivity contribution in [2.75, 3.05) is 6.54 Å². The molecule has 2 atom stereocenters. The standard InChI is InChI=1S/C11H22N2O/c1-3-6-11(14)13-9(2)10-7-4-5-8-12-10/h9-10,12H,3-8H2,1-2H3,(H,13,14). The molecule has 2 unspecified atom stereocenters. The molecule has 2 N–H and O–H groups in total. The zero-order valence-corrected chi connectivity index (χ0v) is 9.31. The Morgan fingerprint density at radius 3 is 2.93 bits per heavy atom. The molecule has 14 heavy (non-hydrogen) atoms. The summed E-state index contributed by atoms with van der Waals surface area (Å²) in [6.07, 6.45) is 5.32. The van der Waals surface area contributed by atoms with Crippen LogP contribution >= 0.6 is 0 Å². The molecular weight excluding hydrogens is 176 g/mol. The molecule has 1 aliphatic rings. The first-order valence-corrected chi connectivity index (χ1v) is 5.76. The van der Waals surface area contributed by atoms with Crippen LogP contribution in [0.3, 0.4) is 0 Å². The fraction of sp³-hybridized carbons (Fsp3) is 0.909. The maximum absolute atomic E-state index is 11.4. The second kappa shape index (κ2) is 6.02. The average molecular weight is 198 g/mol. The molecule has 1 rings (SSSR count). The van der Waals surface area contributed by atoms with E-state index in [0.717, 1.165) is 13.0 Å². The molecule has 0 aromatic heterocycles. The van der Waals surface area contributed by atoms with Crippen molar-refractivity contribution in [2.45, 2.75) is 58.0 Å². The molecule has 1 amide bonds. The highest BCUT2D eigenvalue weighted by Gasteiger charge is 2.20. The van der Waals surface area contributed by atoms with Crippen molar-refractivity contribution in [1.29, 1.82) is 0 Å². The van der Waals surface area contributed by atoms with Gasteiger partial charge in [-0.3, -0.25) is 4.79 Å². The van der Waals surface area contributed by atoms with Crippen molar-refractivity contribution in [2.24, 2.45) is 0 Å². The Bertz CT molecular complexity index is 176. The summed E-state index contributed by atoms with van der Waals surface area (Å²) >= 11 is 0. The molecule has 3 heteroatoms. The monoisotopic (exact) mass is 198 g/mol. The van der Waals surface area contributed by atoms with Crippen molar-refractivity contribution in [3.05, 3.63) is 0 Å². The lowest BCUT2D eigenvalue weighted by molar-refractivity contribution is -0.121. The zero-order valence-electron chi connectivity index (χ0n) is 9.31. The van der Waals surface area contributed by atoms with E-state index < -0.39 is 0 Å². The van der Waals surface area contributed by atoms with Crippen molar-refractivity contribution < 1.29 is 4.79 Å². The Kier molecular flexibility index (Phi) is 4.94. The predicted octanol–water partition coefficient (Wildman–Crippen LogP) is 1.43. The van der Waals surface area contributed by atoms with Crippen molar-refractivity contribution in [3.63, 3.8) is 0 Å². The summed E-state index contributed by atoms with van der Waals surface area (Å²) in [4.78, 5) is 11.4. The van der Waals surface area contributed by atoms with Gasteiger partial charge >= 0.3 is 0 Å². The number of carbonyl (C=O) groups is 1. The molecule has 1 aliphatic heterocycles. The van der Waals surface area contributed by atoms with Gasteiger partial charge in [-0.05, 0) is 32.7 Å². The van der Waals surface area contributed by atoms with Crippen LogP contribution in [0, 0.1) is 0 Å². The van der Waals surface area contributed by atoms with Gasteiger partial charge in [-0.25, -0.2) is 0 Å². The second-order valence-corrected chi connectivity index (χ2v) is 4.16. The molecular formula is C11H22N2O. The number of amides is 1. The summed E-state index contributed by atoms with van der Waals surface area (Å²) in [5.74, 6) is 0.187. The summed E-state index contributed by atoms with van der Waals surface area (Å²) in [6.45, 7) is 5.22. The predicted molar refractivity (Wildman–Crippen MR) is 58.2 cm³/mol. The minimum Gasteiger partial charge on any atom is -0.352 e. The van der Waals surface area contributed by atoms with Gasteiger partial charge in [0.2, 0.25) is 5.91 Å². The molecule has 0 saturated carbocycles. The molecule has 1 fully saturated rings. The van der Waals surface area contributed by atoms with E-state index in [0.29, 0.717) is 12.5 Å². The molecule has 1 heterocycles. The van der Waals surface area contributed by atoms with Crippen molar-refractivity contribution in [1.82, 2.24) is 10.6 Å². The van der Waals surface area contributed by atoms with Crippen LogP contribution < -0.4 is 10.6 Å². The van der Waals surface area contributed by atoms with E-state index in [1.54, 1.807) is 0 Å². The van der Waals surface area contributed by atoms with E-state index in [-0.39, 0.29) is 11.9 Å². The largest absolute Gasteiger partial charge is 0.352 e. The molecule has 0 spiro atoms. The van der Waals surface area contributed by atoms with Crippen molar-refractivity contribution >= 4 is 5.91 Å². The van der Waals surface area contributed by atoms with Gasteiger partial charge in [0, 0.05) is 18.5 Å². The Balaban J connectivity index is 2.25. The second-order valence-electron chi connectivity index (χ2n) is 4.16. The average Bonchev–Trinajstić information content (AvgIpc) is 2.19. The van der Waals surface area contributed by atoms with E-state index in [1.807, 2.05) is 6.92 Å². The molecule has 0 aliphatic carbocycles. The number of carbonyl (C=O) groups excluding carboxylic acids is 1. The normalized spacial score (nSPS) is 24.3. The van der Waals surface area contributed by atoms with Crippen LogP contribution in [-0.2, 0) is 4.79 Å². The molecule has 1 saturated heterocycles. The smallest absolute Gasteiger partial charge is 0.220 e. The Morgan fingerprint density at radius 1 is 1.57 bits per heavy atom. The van der Waals surface area contributed by atoms with Crippen LogP contribution in [0.25, 0.3) is 0 Å². The fourth-order valence-corrected chi connectivity index (χ4v) is 1.96. The van der Waals surface area contributed by atoms with Crippen molar-refractivity contribution in [3.8, 4) is 0 Å². The van der Waals surface area contributed by atoms with Crippen LogP contribution in [0.1, 0.15) is 46.0 Å². The van der Waals surface area contributed by atoms with E-state index in [4.69, 9.17) is 0 Å².